The van der Waals surface area contributed by atoms with E-state index in [9.17, 15) is 4.79 Å². The predicted molar refractivity (Wildman–Crippen MR) is 65.4 cm³/mol. The summed E-state index contributed by atoms with van der Waals surface area (Å²) >= 11 is 0. The number of nitrogens with zero attached hydrogens (tertiary/aromatic N) is 5. The first-order valence-electron chi connectivity index (χ1n) is 5.50. The highest BCUT2D eigenvalue weighted by Gasteiger charge is 2.15. The molecular weight excluding hydrogens is 246 g/mol. The molecule has 0 saturated heterocycles. The maximum absolute atomic E-state index is 11.4. The normalized spacial score (nSPS) is 10.6. The highest BCUT2D eigenvalue weighted by molar-refractivity contribution is 5.85. The molecule has 94 valence electrons. The maximum atomic E-state index is 11.4. The number of rotatable bonds is 2. The van der Waals surface area contributed by atoms with Crippen molar-refractivity contribution in [3.63, 3.8) is 0 Å². The van der Waals surface area contributed by atoms with Gasteiger partial charge in [0, 0.05) is 24.2 Å². The molecule has 7 nitrogen and oxygen atoms in total. The summed E-state index contributed by atoms with van der Waals surface area (Å²) in [6, 6.07) is 5.47. The molecule has 0 aliphatic carbocycles. The molecule has 0 N–H and O–H groups in total. The molecule has 3 heterocycles. The van der Waals surface area contributed by atoms with Gasteiger partial charge in [-0.05, 0) is 18.2 Å². The molecule has 0 aromatic carbocycles. The third-order valence-electron chi connectivity index (χ3n) is 2.58. The molecule has 3 aromatic rings. The van der Waals surface area contributed by atoms with Crippen LogP contribution in [0.25, 0.3) is 17.0 Å². The minimum absolute atomic E-state index is 0.0171. The van der Waals surface area contributed by atoms with Crippen LogP contribution in [0, 0.1) is 0 Å². The number of hydrogen-bond donors (Lipinski definition) is 0. The van der Waals surface area contributed by atoms with Crippen LogP contribution in [0.1, 0.15) is 10.6 Å². The maximum Gasteiger partial charge on any atom is 0.378 e. The second-order valence-corrected chi connectivity index (χ2v) is 3.70. The minimum atomic E-state index is -0.592. The lowest BCUT2D eigenvalue weighted by Gasteiger charge is -2.02. The number of fused-ring (bicyclic) bond motifs is 1. The molecule has 0 unspecified atom stereocenters. The smallest absolute Gasteiger partial charge is 0.378 e. The van der Waals surface area contributed by atoms with Gasteiger partial charge in [0.15, 0.2) is 0 Å². The van der Waals surface area contributed by atoms with E-state index in [2.05, 4.69) is 24.8 Å². The van der Waals surface area contributed by atoms with Crippen molar-refractivity contribution in [2.75, 3.05) is 7.11 Å². The Hall–Kier alpha value is -2.83. The lowest BCUT2D eigenvalue weighted by Crippen LogP contribution is -2.04. The van der Waals surface area contributed by atoms with Crippen LogP contribution < -0.4 is 0 Å². The van der Waals surface area contributed by atoms with Gasteiger partial charge in [-0.2, -0.15) is 9.50 Å². The summed E-state index contributed by atoms with van der Waals surface area (Å²) in [4.78, 5) is 23.5. The quantitative estimate of drug-likeness (QED) is 0.635. The second-order valence-electron chi connectivity index (χ2n) is 3.70. The summed E-state index contributed by atoms with van der Waals surface area (Å²) < 4.78 is 6.10. The van der Waals surface area contributed by atoms with E-state index >= 15 is 0 Å². The molecule has 0 atom stereocenters. The summed E-state index contributed by atoms with van der Waals surface area (Å²) in [6.07, 6.45) is 4.97. The lowest BCUT2D eigenvalue weighted by molar-refractivity contribution is 0.0587. The molecular formula is C12H9N5O2. The first-order chi connectivity index (χ1) is 9.29. The summed E-state index contributed by atoms with van der Waals surface area (Å²) in [6.45, 7) is 0. The highest BCUT2D eigenvalue weighted by Crippen LogP contribution is 2.17. The number of methoxy groups -OCH3 is 1. The van der Waals surface area contributed by atoms with Crippen molar-refractivity contribution in [3.05, 3.63) is 42.6 Å². The summed E-state index contributed by atoms with van der Waals surface area (Å²) in [5.41, 5.74) is 1.68. The van der Waals surface area contributed by atoms with E-state index in [1.165, 1.54) is 11.6 Å². The number of pyridine rings is 1. The van der Waals surface area contributed by atoms with Crippen molar-refractivity contribution < 1.29 is 9.53 Å². The molecule has 3 rings (SSSR count). The van der Waals surface area contributed by atoms with E-state index in [4.69, 9.17) is 0 Å². The van der Waals surface area contributed by atoms with E-state index < -0.39 is 5.97 Å². The fourth-order valence-electron chi connectivity index (χ4n) is 1.71. The summed E-state index contributed by atoms with van der Waals surface area (Å²) in [5, 5.41) is 4.11. The number of carbonyl (C=O) groups excluding carboxylic acids is 1. The molecule has 0 aliphatic heterocycles. The second kappa shape index (κ2) is 4.45. The Kier molecular flexibility index (Phi) is 2.64. The van der Waals surface area contributed by atoms with Gasteiger partial charge in [-0.25, -0.2) is 9.78 Å². The molecule has 19 heavy (non-hydrogen) atoms. The molecule has 7 heteroatoms. The van der Waals surface area contributed by atoms with Gasteiger partial charge in [0.1, 0.15) is 0 Å². The van der Waals surface area contributed by atoms with Gasteiger partial charge in [-0.15, -0.1) is 5.10 Å². The van der Waals surface area contributed by atoms with Crippen molar-refractivity contribution in [2.24, 2.45) is 0 Å². The Bertz CT molecular complexity index is 738. The van der Waals surface area contributed by atoms with E-state index in [1.807, 2.05) is 12.1 Å². The molecule has 0 fully saturated rings. The SMILES string of the molecule is COC(=O)c1nc2nccc(-c3ccncc3)n2n1. The van der Waals surface area contributed by atoms with Gasteiger partial charge < -0.3 is 4.74 Å². The lowest BCUT2D eigenvalue weighted by atomic mass is 10.2. The monoisotopic (exact) mass is 255 g/mol. The zero-order chi connectivity index (χ0) is 13.2. The van der Waals surface area contributed by atoms with Gasteiger partial charge >= 0.3 is 5.97 Å². The van der Waals surface area contributed by atoms with Crippen LogP contribution >= 0.6 is 0 Å². The fraction of sp³-hybridized carbons (Fsp3) is 0.0833. The number of hydrogen-bond acceptors (Lipinski definition) is 6. The van der Waals surface area contributed by atoms with Crippen molar-refractivity contribution in [2.45, 2.75) is 0 Å². The van der Waals surface area contributed by atoms with Crippen LogP contribution in [-0.2, 0) is 4.74 Å². The summed E-state index contributed by atoms with van der Waals surface area (Å²) in [5.74, 6) is -0.266. The number of ether oxygens (including phenoxy) is 1. The van der Waals surface area contributed by atoms with Crippen LogP contribution in [-0.4, -0.2) is 37.6 Å². The van der Waals surface area contributed by atoms with E-state index in [0.717, 1.165) is 11.3 Å². The number of aromatic nitrogens is 5. The van der Waals surface area contributed by atoms with E-state index in [1.54, 1.807) is 24.7 Å². The Morgan fingerprint density at radius 3 is 2.74 bits per heavy atom. The van der Waals surface area contributed by atoms with Crippen molar-refractivity contribution in [1.29, 1.82) is 0 Å². The molecule has 0 amide bonds. The average molecular weight is 255 g/mol. The third-order valence-corrected chi connectivity index (χ3v) is 2.58. The van der Waals surface area contributed by atoms with Gasteiger partial charge in [0.25, 0.3) is 11.6 Å². The third kappa shape index (κ3) is 1.90. The van der Waals surface area contributed by atoms with Crippen LogP contribution in [0.15, 0.2) is 36.8 Å². The molecule has 0 aliphatic rings. The summed E-state index contributed by atoms with van der Waals surface area (Å²) in [7, 11) is 1.28. The molecule has 3 aromatic heterocycles. The highest BCUT2D eigenvalue weighted by atomic mass is 16.5. The minimum Gasteiger partial charge on any atom is -0.463 e. The average Bonchev–Trinajstić information content (AvgIpc) is 2.91. The number of esters is 1. The first-order valence-corrected chi connectivity index (χ1v) is 5.50. The fourth-order valence-corrected chi connectivity index (χ4v) is 1.71. The zero-order valence-electron chi connectivity index (χ0n) is 10.0. The van der Waals surface area contributed by atoms with Gasteiger partial charge in [0.05, 0.1) is 12.8 Å². The topological polar surface area (TPSA) is 82.3 Å². The number of carbonyl (C=O) groups is 1. The first kappa shape index (κ1) is 11.3. The van der Waals surface area contributed by atoms with Crippen molar-refractivity contribution in [1.82, 2.24) is 24.6 Å². The Balaban J connectivity index is 2.21. The van der Waals surface area contributed by atoms with Gasteiger partial charge in [-0.3, -0.25) is 4.98 Å². The Morgan fingerprint density at radius 2 is 2.00 bits per heavy atom. The largest absolute Gasteiger partial charge is 0.463 e. The molecule has 0 saturated carbocycles. The van der Waals surface area contributed by atoms with Gasteiger partial charge in [0.2, 0.25) is 0 Å². The standard InChI is InChI=1S/C12H9N5O2/c1-19-11(18)10-15-12-14-7-4-9(17(12)16-10)8-2-5-13-6-3-8/h2-7H,1H3. The Morgan fingerprint density at radius 1 is 1.21 bits per heavy atom. The zero-order valence-corrected chi connectivity index (χ0v) is 10.0. The van der Waals surface area contributed by atoms with Crippen LogP contribution in [0.2, 0.25) is 0 Å². The molecule has 0 radical (unpaired) electrons. The van der Waals surface area contributed by atoms with E-state index in [-0.39, 0.29) is 5.82 Å². The molecule has 0 spiro atoms. The Labute approximate surface area is 107 Å². The van der Waals surface area contributed by atoms with Crippen LogP contribution in [0.4, 0.5) is 0 Å². The van der Waals surface area contributed by atoms with Crippen molar-refractivity contribution in [3.8, 4) is 11.3 Å². The van der Waals surface area contributed by atoms with E-state index in [0.29, 0.717) is 5.78 Å². The predicted octanol–water partition coefficient (Wildman–Crippen LogP) is 0.973. The van der Waals surface area contributed by atoms with Crippen LogP contribution in [0.3, 0.4) is 0 Å². The van der Waals surface area contributed by atoms with Crippen LogP contribution in [0.5, 0.6) is 0 Å². The van der Waals surface area contributed by atoms with Crippen molar-refractivity contribution >= 4 is 11.7 Å². The van der Waals surface area contributed by atoms with Gasteiger partial charge in [-0.1, -0.05) is 0 Å². The molecule has 0 bridgehead atoms.